The number of aromatic nitrogens is 3. The number of alkyl halides is 2. The number of aliphatic hydroxyl groups excluding tert-OH is 1. The molecule has 0 aliphatic rings. The maximum Gasteiger partial charge on any atom is 0.298 e. The predicted octanol–water partition coefficient (Wildman–Crippen LogP) is 4.83. The van der Waals surface area contributed by atoms with Gasteiger partial charge in [0.25, 0.3) is 5.92 Å². The third kappa shape index (κ3) is 6.17. The molecule has 4 rings (SSSR count). The molecule has 0 saturated carbocycles. The first kappa shape index (κ1) is 29.5. The third-order valence-corrected chi connectivity index (χ3v) is 6.78. The van der Waals surface area contributed by atoms with Crippen molar-refractivity contribution in [1.82, 2.24) is 19.9 Å². The lowest BCUT2D eigenvalue weighted by Crippen LogP contribution is -2.23. The number of nitrogens with zero attached hydrogens (tertiary/aromatic N) is 5. The summed E-state index contributed by atoms with van der Waals surface area (Å²) in [5.74, 6) is -4.42. The van der Waals surface area contributed by atoms with Crippen LogP contribution < -0.4 is 10.2 Å². The van der Waals surface area contributed by atoms with E-state index < -0.39 is 30.0 Å². The topological polar surface area (TPSA) is 115 Å². The number of carbonyl (C=O) groups is 1. The number of aromatic hydroxyl groups is 1. The van der Waals surface area contributed by atoms with Crippen LogP contribution in [-0.4, -0.2) is 63.7 Å². The molecule has 0 aliphatic heterocycles. The van der Waals surface area contributed by atoms with E-state index in [0.29, 0.717) is 39.5 Å². The normalized spacial score (nSPS) is 12.3. The van der Waals surface area contributed by atoms with Crippen molar-refractivity contribution in [3.05, 3.63) is 77.0 Å². The molecule has 2 heterocycles. The number of likely N-dealkylation sites (N-methyl/N-ethyl adjacent to an activating group) is 1. The van der Waals surface area contributed by atoms with Crippen LogP contribution in [0.3, 0.4) is 0 Å². The van der Waals surface area contributed by atoms with E-state index in [-0.39, 0.29) is 23.8 Å². The van der Waals surface area contributed by atoms with Gasteiger partial charge in [0.1, 0.15) is 24.1 Å². The van der Waals surface area contributed by atoms with Gasteiger partial charge < -0.3 is 25.3 Å². The fourth-order valence-electron chi connectivity index (χ4n) is 4.36. The smallest absolute Gasteiger partial charge is 0.298 e. The Kier molecular flexibility index (Phi) is 8.34. The predicted molar refractivity (Wildman–Crippen MR) is 150 cm³/mol. The lowest BCUT2D eigenvalue weighted by Gasteiger charge is -2.23. The summed E-state index contributed by atoms with van der Waals surface area (Å²) in [6.45, 7) is 1.82. The van der Waals surface area contributed by atoms with Gasteiger partial charge in [-0.1, -0.05) is 12.1 Å². The van der Waals surface area contributed by atoms with Crippen molar-refractivity contribution in [3.8, 4) is 5.88 Å². The Labute approximate surface area is 235 Å². The first-order chi connectivity index (χ1) is 19.3. The molecule has 9 nitrogen and oxygen atoms in total. The minimum Gasteiger partial charge on any atom is -0.493 e. The van der Waals surface area contributed by atoms with Crippen molar-refractivity contribution in [1.29, 1.82) is 0 Å². The summed E-state index contributed by atoms with van der Waals surface area (Å²) in [4.78, 5) is 28.5. The highest BCUT2D eigenvalue weighted by atomic mass is 19.3. The first-order valence-electron chi connectivity index (χ1n) is 12.8. The van der Waals surface area contributed by atoms with Gasteiger partial charge in [-0.15, -0.1) is 0 Å². The highest BCUT2D eigenvalue weighted by Gasteiger charge is 2.35. The summed E-state index contributed by atoms with van der Waals surface area (Å²) < 4.78 is 43.3. The molecule has 0 spiro atoms. The molecule has 0 aliphatic carbocycles. The molecule has 0 fully saturated rings. The number of carbonyl (C=O) groups excluding carboxylic acids is 1. The SMILES string of the molecule is Cc1nc(N[C@H](C)c2cccc(C(F)(F)CO)c2F)c2cc(N(C)c3cnc(O)c(CC(=O)N(C)C)c3)ccc2n1. The Morgan fingerprint density at radius 3 is 2.51 bits per heavy atom. The minimum absolute atomic E-state index is 0.0109. The van der Waals surface area contributed by atoms with Gasteiger partial charge in [-0.2, -0.15) is 8.78 Å². The molecular formula is C29H31F3N6O3. The Balaban J connectivity index is 1.70. The van der Waals surface area contributed by atoms with Crippen LogP contribution in [-0.2, 0) is 17.1 Å². The lowest BCUT2D eigenvalue weighted by molar-refractivity contribution is -0.128. The largest absolute Gasteiger partial charge is 0.493 e. The molecule has 0 radical (unpaired) electrons. The van der Waals surface area contributed by atoms with Gasteiger partial charge in [-0.05, 0) is 44.2 Å². The number of hydrogen-bond acceptors (Lipinski definition) is 8. The number of pyridine rings is 1. The van der Waals surface area contributed by atoms with Crippen LogP contribution in [0.2, 0.25) is 0 Å². The van der Waals surface area contributed by atoms with Crippen LogP contribution in [0.5, 0.6) is 5.88 Å². The summed E-state index contributed by atoms with van der Waals surface area (Å²) in [6.07, 6.45) is 1.46. The van der Waals surface area contributed by atoms with Gasteiger partial charge in [0.2, 0.25) is 11.8 Å². The van der Waals surface area contributed by atoms with Crippen LogP contribution in [0.4, 0.5) is 30.4 Å². The van der Waals surface area contributed by atoms with Crippen molar-refractivity contribution in [2.45, 2.75) is 32.2 Å². The number of benzene rings is 2. The molecule has 3 N–H and O–H groups in total. The average molecular weight is 569 g/mol. The maximum atomic E-state index is 15.1. The lowest BCUT2D eigenvalue weighted by atomic mass is 10.00. The van der Waals surface area contributed by atoms with E-state index in [1.54, 1.807) is 47.1 Å². The van der Waals surface area contributed by atoms with Gasteiger partial charge in [0.15, 0.2) is 0 Å². The maximum absolute atomic E-state index is 15.1. The summed E-state index contributed by atoms with van der Waals surface area (Å²) in [6, 6.07) is 10.0. The zero-order chi connectivity index (χ0) is 30.1. The standard InChI is InChI=1S/C29H31F3N6O3/c1-16(21-7-6-8-23(26(21)30)29(31,32)15-39)34-27-22-13-19(9-10-24(22)35-17(2)36-27)38(5)20-11-18(28(41)33-14-20)12-25(40)37(3)4/h6-11,13-14,16,39H,12,15H2,1-5H3,(H,33,41)(H,34,35,36)/t16-/m1/s1. The molecular weight excluding hydrogens is 537 g/mol. The van der Waals surface area contributed by atoms with Gasteiger partial charge in [-0.3, -0.25) is 4.79 Å². The fraction of sp³-hybridized carbons (Fsp3) is 0.310. The van der Waals surface area contributed by atoms with Crippen molar-refractivity contribution in [2.24, 2.45) is 0 Å². The van der Waals surface area contributed by atoms with E-state index in [0.717, 1.165) is 6.07 Å². The van der Waals surface area contributed by atoms with Gasteiger partial charge in [0, 0.05) is 43.3 Å². The van der Waals surface area contributed by atoms with Gasteiger partial charge in [-0.25, -0.2) is 19.3 Å². The van der Waals surface area contributed by atoms with Crippen molar-refractivity contribution >= 4 is 34.0 Å². The highest BCUT2D eigenvalue weighted by Crippen LogP contribution is 2.35. The number of aliphatic hydroxyl groups is 1. The van der Waals surface area contributed by atoms with E-state index in [2.05, 4.69) is 20.3 Å². The zero-order valence-electron chi connectivity index (χ0n) is 23.3. The van der Waals surface area contributed by atoms with Crippen molar-refractivity contribution in [2.75, 3.05) is 38.0 Å². The number of hydrogen-bond donors (Lipinski definition) is 3. The van der Waals surface area contributed by atoms with Gasteiger partial charge in [0.05, 0.1) is 35.4 Å². The molecule has 41 heavy (non-hydrogen) atoms. The van der Waals surface area contributed by atoms with Crippen LogP contribution in [0.1, 0.15) is 35.5 Å². The number of amides is 1. The Bertz CT molecular complexity index is 1600. The number of fused-ring (bicyclic) bond motifs is 1. The third-order valence-electron chi connectivity index (χ3n) is 6.78. The minimum atomic E-state index is -3.72. The second-order valence-corrected chi connectivity index (χ2v) is 9.96. The highest BCUT2D eigenvalue weighted by molar-refractivity contribution is 5.92. The summed E-state index contributed by atoms with van der Waals surface area (Å²) >= 11 is 0. The monoisotopic (exact) mass is 568 g/mol. The van der Waals surface area contributed by atoms with E-state index in [9.17, 15) is 18.7 Å². The average Bonchev–Trinajstić information content (AvgIpc) is 2.93. The molecule has 1 atom stereocenters. The van der Waals surface area contributed by atoms with E-state index in [1.807, 2.05) is 17.0 Å². The second kappa shape index (κ2) is 11.6. The molecule has 216 valence electrons. The Hall–Kier alpha value is -4.45. The first-order valence-corrected chi connectivity index (χ1v) is 12.8. The number of rotatable bonds is 9. The van der Waals surface area contributed by atoms with Crippen LogP contribution >= 0.6 is 0 Å². The summed E-state index contributed by atoms with van der Waals surface area (Å²) in [7, 11) is 5.05. The van der Waals surface area contributed by atoms with E-state index >= 15 is 4.39 Å². The number of nitrogens with one attached hydrogen (secondary N) is 1. The number of aryl methyl sites for hydroxylation is 1. The quantitative estimate of drug-likeness (QED) is 0.263. The summed E-state index contributed by atoms with van der Waals surface area (Å²) in [5, 5.41) is 23.0. The molecule has 0 unspecified atom stereocenters. The van der Waals surface area contributed by atoms with E-state index in [4.69, 9.17) is 5.11 Å². The molecule has 12 heteroatoms. The summed E-state index contributed by atoms with van der Waals surface area (Å²) in [5.41, 5.74) is 1.40. The second-order valence-electron chi connectivity index (χ2n) is 9.96. The van der Waals surface area contributed by atoms with Crippen molar-refractivity contribution in [3.63, 3.8) is 0 Å². The number of anilines is 3. The molecule has 1 amide bonds. The molecule has 0 bridgehead atoms. The molecule has 2 aromatic heterocycles. The van der Waals surface area contributed by atoms with Gasteiger partial charge >= 0.3 is 0 Å². The molecule has 2 aromatic carbocycles. The molecule has 0 saturated heterocycles. The van der Waals surface area contributed by atoms with Crippen LogP contribution in [0, 0.1) is 12.7 Å². The van der Waals surface area contributed by atoms with Crippen LogP contribution in [0.25, 0.3) is 10.9 Å². The molecule has 4 aromatic rings. The zero-order valence-corrected chi connectivity index (χ0v) is 23.3. The number of halogens is 3. The Morgan fingerprint density at radius 1 is 1.10 bits per heavy atom. The fourth-order valence-corrected chi connectivity index (χ4v) is 4.36. The Morgan fingerprint density at radius 2 is 1.83 bits per heavy atom. The van der Waals surface area contributed by atoms with E-state index in [1.165, 1.54) is 23.2 Å². The van der Waals surface area contributed by atoms with Crippen LogP contribution in [0.15, 0.2) is 48.7 Å². The van der Waals surface area contributed by atoms with Crippen molar-refractivity contribution < 1.29 is 28.2 Å².